The highest BCUT2D eigenvalue weighted by atomic mass is 16.1. The molecule has 0 aromatic rings. The zero-order valence-electron chi connectivity index (χ0n) is 13.6. The van der Waals surface area contributed by atoms with Crippen LogP contribution in [0.15, 0.2) is 58.7 Å². The van der Waals surface area contributed by atoms with Crippen molar-refractivity contribution in [1.29, 1.82) is 0 Å². The number of hydrogen-bond acceptors (Lipinski definition) is 1. The largest absolute Gasteiger partial charge is 0.300 e. The Morgan fingerprint density at radius 2 is 1.61 bits per heavy atom. The molecule has 0 amide bonds. The summed E-state index contributed by atoms with van der Waals surface area (Å²) < 4.78 is 0. The minimum atomic E-state index is 0.486. The molecule has 0 saturated heterocycles. The predicted octanol–water partition coefficient (Wildman–Crippen LogP) is 5.08. The Balaban J connectivity index is 1.59. The van der Waals surface area contributed by atoms with Crippen molar-refractivity contribution in [2.24, 2.45) is 23.7 Å². The van der Waals surface area contributed by atoms with Gasteiger partial charge in [-0.05, 0) is 66.6 Å². The Kier molecular flexibility index (Phi) is 3.11. The highest BCUT2D eigenvalue weighted by Gasteiger charge is 2.40. The van der Waals surface area contributed by atoms with E-state index in [2.05, 4.69) is 36.5 Å². The predicted molar refractivity (Wildman–Crippen MR) is 92.8 cm³/mol. The van der Waals surface area contributed by atoms with Crippen molar-refractivity contribution in [3.63, 3.8) is 0 Å². The average molecular weight is 304 g/mol. The lowest BCUT2D eigenvalue weighted by molar-refractivity contribution is -0.120. The van der Waals surface area contributed by atoms with E-state index >= 15 is 0 Å². The molecule has 0 radical (unpaired) electrons. The average Bonchev–Trinajstić information content (AvgIpc) is 2.60. The molecule has 5 aliphatic carbocycles. The minimum Gasteiger partial charge on any atom is -0.300 e. The second-order valence-electron chi connectivity index (χ2n) is 7.88. The van der Waals surface area contributed by atoms with Gasteiger partial charge in [0, 0.05) is 18.8 Å². The van der Waals surface area contributed by atoms with Crippen molar-refractivity contribution in [2.75, 3.05) is 0 Å². The zero-order chi connectivity index (χ0) is 15.4. The van der Waals surface area contributed by atoms with E-state index in [9.17, 15) is 4.79 Å². The zero-order valence-corrected chi connectivity index (χ0v) is 13.6. The van der Waals surface area contributed by atoms with Crippen molar-refractivity contribution in [1.82, 2.24) is 0 Å². The van der Waals surface area contributed by atoms with Crippen LogP contribution in [0.5, 0.6) is 0 Å². The van der Waals surface area contributed by atoms with Crippen molar-refractivity contribution in [2.45, 2.75) is 44.9 Å². The van der Waals surface area contributed by atoms with E-state index in [1.165, 1.54) is 25.7 Å². The molecular formula is C22H24O. The summed E-state index contributed by atoms with van der Waals surface area (Å²) in [5.41, 5.74) is 6.45. The molecule has 5 rings (SSSR count). The second-order valence-corrected chi connectivity index (χ2v) is 7.88. The van der Waals surface area contributed by atoms with Crippen LogP contribution < -0.4 is 0 Å². The Hall–Kier alpha value is -1.63. The van der Waals surface area contributed by atoms with Gasteiger partial charge in [0.15, 0.2) is 0 Å². The van der Waals surface area contributed by atoms with Gasteiger partial charge < -0.3 is 0 Å². The molecule has 0 aliphatic heterocycles. The van der Waals surface area contributed by atoms with E-state index in [1.807, 2.05) is 0 Å². The number of rotatable bonds is 0. The van der Waals surface area contributed by atoms with E-state index in [0.29, 0.717) is 17.6 Å². The van der Waals surface area contributed by atoms with Gasteiger partial charge in [-0.25, -0.2) is 0 Å². The molecule has 23 heavy (non-hydrogen) atoms. The maximum Gasteiger partial charge on any atom is 0.133 e. The standard InChI is InChI=1S/C22H24O/c23-16-7-10-18-15(13-16)6-9-22-20(18)12-11-19-17-4-2-1-3-14(17)5-8-21(19)22/h1-4,11-12,14-15,21-22H,5-10,13H2. The molecular weight excluding hydrogens is 280 g/mol. The first-order valence-corrected chi connectivity index (χ1v) is 9.33. The fourth-order valence-corrected chi connectivity index (χ4v) is 5.75. The summed E-state index contributed by atoms with van der Waals surface area (Å²) in [5, 5.41) is 0. The summed E-state index contributed by atoms with van der Waals surface area (Å²) in [6.07, 6.45) is 21.8. The van der Waals surface area contributed by atoms with Crippen LogP contribution in [0.4, 0.5) is 0 Å². The van der Waals surface area contributed by atoms with Gasteiger partial charge in [0.05, 0.1) is 0 Å². The number of Topliss-reactive ketones (excluding diaryl/α,β-unsaturated/α-hetero) is 1. The van der Waals surface area contributed by atoms with Gasteiger partial charge in [-0.3, -0.25) is 4.79 Å². The Morgan fingerprint density at radius 3 is 2.57 bits per heavy atom. The van der Waals surface area contributed by atoms with Gasteiger partial charge in [-0.15, -0.1) is 0 Å². The topological polar surface area (TPSA) is 17.1 Å². The van der Waals surface area contributed by atoms with E-state index in [4.69, 9.17) is 0 Å². The maximum absolute atomic E-state index is 11.8. The quantitative estimate of drug-likeness (QED) is 0.610. The van der Waals surface area contributed by atoms with Gasteiger partial charge in [0.1, 0.15) is 5.78 Å². The summed E-state index contributed by atoms with van der Waals surface area (Å²) in [4.78, 5) is 11.8. The van der Waals surface area contributed by atoms with Crippen molar-refractivity contribution < 1.29 is 4.79 Å². The van der Waals surface area contributed by atoms with Crippen LogP contribution in [0.2, 0.25) is 0 Å². The fourth-order valence-electron chi connectivity index (χ4n) is 5.75. The smallest absolute Gasteiger partial charge is 0.133 e. The van der Waals surface area contributed by atoms with E-state index in [-0.39, 0.29) is 0 Å². The number of carbonyl (C=O) groups excluding carboxylic acids is 1. The fraction of sp³-hybridized carbons (Fsp3) is 0.500. The summed E-state index contributed by atoms with van der Waals surface area (Å²) >= 11 is 0. The number of ketones is 1. The SMILES string of the molecule is O=C1CCC2=C3C=CC4=C5C=CC=CC5CCC4C3CCC2C1. The van der Waals surface area contributed by atoms with Crippen LogP contribution in [-0.4, -0.2) is 5.78 Å². The number of allylic oxidation sites excluding steroid dienone is 10. The molecule has 4 unspecified atom stereocenters. The first-order valence-electron chi connectivity index (χ1n) is 9.33. The van der Waals surface area contributed by atoms with Crippen LogP contribution in [0.25, 0.3) is 0 Å². The molecule has 5 aliphatic rings. The maximum atomic E-state index is 11.8. The molecule has 0 heterocycles. The van der Waals surface area contributed by atoms with Crippen LogP contribution in [0.3, 0.4) is 0 Å². The highest BCUT2D eigenvalue weighted by molar-refractivity contribution is 5.81. The van der Waals surface area contributed by atoms with Gasteiger partial charge in [-0.2, -0.15) is 0 Å². The lowest BCUT2D eigenvalue weighted by Gasteiger charge is -2.44. The third-order valence-corrected chi connectivity index (χ3v) is 6.82. The minimum absolute atomic E-state index is 0.486. The number of fused-ring (bicyclic) bond motifs is 5. The molecule has 1 saturated carbocycles. The molecule has 0 aromatic heterocycles. The molecule has 4 atom stereocenters. The van der Waals surface area contributed by atoms with Crippen LogP contribution in [-0.2, 0) is 4.79 Å². The van der Waals surface area contributed by atoms with Crippen LogP contribution >= 0.6 is 0 Å². The summed E-state index contributed by atoms with van der Waals surface area (Å²) in [5.74, 6) is 3.15. The third-order valence-electron chi connectivity index (χ3n) is 6.82. The molecule has 0 spiro atoms. The lowest BCUT2D eigenvalue weighted by atomic mass is 9.60. The number of hydrogen-bond donors (Lipinski definition) is 0. The van der Waals surface area contributed by atoms with Gasteiger partial charge in [-0.1, -0.05) is 42.0 Å². The summed E-state index contributed by atoms with van der Waals surface area (Å²) in [7, 11) is 0. The van der Waals surface area contributed by atoms with Gasteiger partial charge in [0.2, 0.25) is 0 Å². The molecule has 1 heteroatoms. The Labute approximate surface area is 138 Å². The molecule has 0 aromatic carbocycles. The summed E-state index contributed by atoms with van der Waals surface area (Å²) in [6.45, 7) is 0. The normalized spacial score (nSPS) is 38.2. The van der Waals surface area contributed by atoms with Crippen molar-refractivity contribution in [3.8, 4) is 0 Å². The van der Waals surface area contributed by atoms with Crippen molar-refractivity contribution in [3.05, 3.63) is 58.7 Å². The van der Waals surface area contributed by atoms with Gasteiger partial charge in [0.25, 0.3) is 0 Å². The van der Waals surface area contributed by atoms with Gasteiger partial charge >= 0.3 is 0 Å². The van der Waals surface area contributed by atoms with Crippen LogP contribution in [0, 0.1) is 23.7 Å². The highest BCUT2D eigenvalue weighted by Crippen LogP contribution is 2.52. The first-order chi connectivity index (χ1) is 11.3. The molecule has 1 nitrogen and oxygen atoms in total. The molecule has 0 N–H and O–H groups in total. The third kappa shape index (κ3) is 2.09. The van der Waals surface area contributed by atoms with Crippen LogP contribution in [0.1, 0.15) is 44.9 Å². The molecule has 1 fully saturated rings. The Morgan fingerprint density at radius 1 is 0.783 bits per heavy atom. The second kappa shape index (κ2) is 5.19. The van der Waals surface area contributed by atoms with E-state index < -0.39 is 0 Å². The van der Waals surface area contributed by atoms with Crippen molar-refractivity contribution >= 4 is 5.78 Å². The first kappa shape index (κ1) is 13.8. The Bertz CT molecular complexity index is 712. The summed E-state index contributed by atoms with van der Waals surface area (Å²) in [6, 6.07) is 0. The monoisotopic (exact) mass is 304 g/mol. The molecule has 118 valence electrons. The number of carbonyl (C=O) groups is 1. The van der Waals surface area contributed by atoms with E-state index in [1.54, 1.807) is 22.3 Å². The van der Waals surface area contributed by atoms with E-state index in [0.717, 1.165) is 31.1 Å². The molecule has 0 bridgehead atoms. The lowest BCUT2D eigenvalue weighted by Crippen LogP contribution is -2.33.